The van der Waals surface area contributed by atoms with Crippen molar-refractivity contribution in [3.8, 4) is 11.5 Å². The number of hydrogen-bond acceptors (Lipinski definition) is 5. The summed E-state index contributed by atoms with van der Waals surface area (Å²) in [4.78, 5) is 13.3. The predicted octanol–water partition coefficient (Wildman–Crippen LogP) is 2.03. The van der Waals surface area contributed by atoms with Gasteiger partial charge in [0.05, 0.1) is 20.8 Å². The lowest BCUT2D eigenvalue weighted by Crippen LogP contribution is -2.54. The van der Waals surface area contributed by atoms with E-state index in [0.717, 1.165) is 5.56 Å². The van der Waals surface area contributed by atoms with E-state index in [2.05, 4.69) is 0 Å². The van der Waals surface area contributed by atoms with E-state index in [1.165, 1.54) is 0 Å². The second kappa shape index (κ2) is 6.73. The van der Waals surface area contributed by atoms with Crippen molar-refractivity contribution in [1.29, 1.82) is 0 Å². The summed E-state index contributed by atoms with van der Waals surface area (Å²) >= 11 is 6.28. The molecule has 1 aliphatic heterocycles. The molecule has 7 heteroatoms. The molecule has 0 bridgehead atoms. The summed E-state index contributed by atoms with van der Waals surface area (Å²) < 4.78 is 15.9. The third-order valence-corrected chi connectivity index (χ3v) is 4.10. The fourth-order valence-electron chi connectivity index (χ4n) is 2.47. The summed E-state index contributed by atoms with van der Waals surface area (Å²) in [5.41, 5.74) is -0.338. The Morgan fingerprint density at radius 2 is 2.05 bits per heavy atom. The fraction of sp³-hybridized carbons (Fsp3) is 0.533. The number of hydrogen-bond donors (Lipinski definition) is 1. The molecule has 1 aliphatic rings. The summed E-state index contributed by atoms with van der Waals surface area (Å²) in [5, 5.41) is 9.83. The van der Waals surface area contributed by atoms with Gasteiger partial charge in [-0.25, -0.2) is 4.79 Å². The molecule has 1 aromatic rings. The van der Waals surface area contributed by atoms with Crippen molar-refractivity contribution < 1.29 is 24.1 Å². The summed E-state index contributed by atoms with van der Waals surface area (Å²) in [6.07, 6.45) is 0. The molecule has 122 valence electrons. The zero-order valence-electron chi connectivity index (χ0n) is 12.9. The van der Waals surface area contributed by atoms with Crippen LogP contribution in [0.25, 0.3) is 0 Å². The average molecular weight is 330 g/mol. The molecule has 1 atom stereocenters. The first-order chi connectivity index (χ1) is 10.4. The SMILES string of the molecule is COc1cc(Cl)c(CN2CCOC(C)(C(=O)O)C2)cc1OC. The van der Waals surface area contributed by atoms with Crippen LogP contribution >= 0.6 is 11.6 Å². The van der Waals surface area contributed by atoms with Gasteiger partial charge in [-0.3, -0.25) is 4.90 Å². The van der Waals surface area contributed by atoms with Crippen LogP contribution in [0.15, 0.2) is 12.1 Å². The third kappa shape index (κ3) is 3.45. The third-order valence-electron chi connectivity index (χ3n) is 3.75. The van der Waals surface area contributed by atoms with Gasteiger partial charge in [0, 0.05) is 30.7 Å². The minimum Gasteiger partial charge on any atom is -0.493 e. The maximum Gasteiger partial charge on any atom is 0.337 e. The Kier molecular flexibility index (Phi) is 5.16. The molecule has 1 unspecified atom stereocenters. The number of rotatable bonds is 5. The molecule has 1 N–H and O–H groups in total. The largest absolute Gasteiger partial charge is 0.493 e. The molecule has 0 radical (unpaired) electrons. The van der Waals surface area contributed by atoms with Crippen LogP contribution in [0, 0.1) is 0 Å². The van der Waals surface area contributed by atoms with Crippen LogP contribution in [-0.4, -0.2) is 55.5 Å². The molecule has 0 amide bonds. The van der Waals surface area contributed by atoms with Crippen molar-refractivity contribution >= 4 is 17.6 Å². The Balaban J connectivity index is 2.18. The lowest BCUT2D eigenvalue weighted by atomic mass is 10.0. The molecule has 0 aliphatic carbocycles. The van der Waals surface area contributed by atoms with Crippen molar-refractivity contribution in [2.45, 2.75) is 19.1 Å². The standard InChI is InChI=1S/C15H20ClNO5/c1-15(14(18)19)9-17(4-5-22-15)8-10-6-12(20-2)13(21-3)7-11(10)16/h6-7H,4-5,8-9H2,1-3H3,(H,18,19). The van der Waals surface area contributed by atoms with Gasteiger partial charge in [0.25, 0.3) is 0 Å². The maximum absolute atomic E-state index is 11.3. The zero-order chi connectivity index (χ0) is 16.3. The van der Waals surface area contributed by atoms with Gasteiger partial charge >= 0.3 is 5.97 Å². The summed E-state index contributed by atoms with van der Waals surface area (Å²) in [6, 6.07) is 3.52. The van der Waals surface area contributed by atoms with Crippen molar-refractivity contribution in [3.63, 3.8) is 0 Å². The molecule has 0 saturated carbocycles. The molecule has 6 nitrogen and oxygen atoms in total. The van der Waals surface area contributed by atoms with Gasteiger partial charge in [-0.15, -0.1) is 0 Å². The minimum atomic E-state index is -1.19. The van der Waals surface area contributed by atoms with Crippen molar-refractivity contribution in [3.05, 3.63) is 22.7 Å². The van der Waals surface area contributed by atoms with E-state index in [4.69, 9.17) is 25.8 Å². The van der Waals surface area contributed by atoms with Gasteiger partial charge in [0.15, 0.2) is 17.1 Å². The van der Waals surface area contributed by atoms with Gasteiger partial charge < -0.3 is 19.3 Å². The fourth-order valence-corrected chi connectivity index (χ4v) is 2.69. The van der Waals surface area contributed by atoms with Gasteiger partial charge in [-0.05, 0) is 18.6 Å². The van der Waals surface area contributed by atoms with Crippen molar-refractivity contribution in [2.75, 3.05) is 33.9 Å². The second-order valence-electron chi connectivity index (χ2n) is 5.39. The molecular formula is C15H20ClNO5. The van der Waals surface area contributed by atoms with E-state index in [1.54, 1.807) is 27.2 Å². The first-order valence-electron chi connectivity index (χ1n) is 6.89. The Morgan fingerprint density at radius 3 is 2.64 bits per heavy atom. The first kappa shape index (κ1) is 16.9. The minimum absolute atomic E-state index is 0.299. The topological polar surface area (TPSA) is 68.2 Å². The highest BCUT2D eigenvalue weighted by molar-refractivity contribution is 6.31. The lowest BCUT2D eigenvalue weighted by molar-refractivity contribution is -0.174. The van der Waals surface area contributed by atoms with Gasteiger partial charge in [0.1, 0.15) is 0 Å². The summed E-state index contributed by atoms with van der Waals surface area (Å²) in [6.45, 7) is 3.41. The molecule has 1 aromatic carbocycles. The zero-order valence-corrected chi connectivity index (χ0v) is 13.6. The lowest BCUT2D eigenvalue weighted by Gasteiger charge is -2.37. The Morgan fingerprint density at radius 1 is 1.41 bits per heavy atom. The first-order valence-corrected chi connectivity index (χ1v) is 7.27. The van der Waals surface area contributed by atoms with E-state index < -0.39 is 11.6 Å². The van der Waals surface area contributed by atoms with E-state index >= 15 is 0 Å². The molecule has 1 fully saturated rings. The molecule has 2 rings (SSSR count). The van der Waals surface area contributed by atoms with Crippen LogP contribution in [-0.2, 0) is 16.1 Å². The van der Waals surface area contributed by atoms with Gasteiger partial charge in [0.2, 0.25) is 0 Å². The van der Waals surface area contributed by atoms with Crippen LogP contribution in [0.2, 0.25) is 5.02 Å². The Bertz CT molecular complexity index is 565. The highest BCUT2D eigenvalue weighted by Crippen LogP contribution is 2.34. The summed E-state index contributed by atoms with van der Waals surface area (Å²) in [5.74, 6) is 0.195. The number of benzene rings is 1. The number of carboxylic acid groups (broad SMARTS) is 1. The number of carbonyl (C=O) groups is 1. The number of halogens is 1. The molecule has 0 spiro atoms. The van der Waals surface area contributed by atoms with E-state index in [1.807, 2.05) is 11.0 Å². The number of carboxylic acids is 1. The smallest absolute Gasteiger partial charge is 0.337 e. The Hall–Kier alpha value is -1.50. The monoisotopic (exact) mass is 329 g/mol. The number of ether oxygens (including phenoxy) is 3. The number of nitrogens with zero attached hydrogens (tertiary/aromatic N) is 1. The maximum atomic E-state index is 11.3. The van der Waals surface area contributed by atoms with Crippen LogP contribution in [0.5, 0.6) is 11.5 Å². The molecule has 22 heavy (non-hydrogen) atoms. The molecule has 1 heterocycles. The highest BCUT2D eigenvalue weighted by atomic mass is 35.5. The second-order valence-corrected chi connectivity index (χ2v) is 5.80. The number of morpholine rings is 1. The quantitative estimate of drug-likeness (QED) is 0.891. The van der Waals surface area contributed by atoms with E-state index in [9.17, 15) is 9.90 Å². The van der Waals surface area contributed by atoms with E-state index in [0.29, 0.717) is 42.8 Å². The van der Waals surface area contributed by atoms with E-state index in [-0.39, 0.29) is 0 Å². The van der Waals surface area contributed by atoms with Gasteiger partial charge in [-0.2, -0.15) is 0 Å². The van der Waals surface area contributed by atoms with Crippen molar-refractivity contribution in [2.24, 2.45) is 0 Å². The normalized spacial score (nSPS) is 22.4. The highest BCUT2D eigenvalue weighted by Gasteiger charge is 2.39. The van der Waals surface area contributed by atoms with Crippen molar-refractivity contribution in [1.82, 2.24) is 4.90 Å². The summed E-state index contributed by atoms with van der Waals surface area (Å²) in [7, 11) is 3.11. The molecule has 1 saturated heterocycles. The molecule has 0 aromatic heterocycles. The van der Waals surface area contributed by atoms with Crippen LogP contribution in [0.1, 0.15) is 12.5 Å². The van der Waals surface area contributed by atoms with Gasteiger partial charge in [-0.1, -0.05) is 11.6 Å². The average Bonchev–Trinajstić information content (AvgIpc) is 2.48. The van der Waals surface area contributed by atoms with Crippen LogP contribution in [0.3, 0.4) is 0 Å². The predicted molar refractivity (Wildman–Crippen MR) is 81.8 cm³/mol. The van der Waals surface area contributed by atoms with Crippen LogP contribution < -0.4 is 9.47 Å². The van der Waals surface area contributed by atoms with Crippen LogP contribution in [0.4, 0.5) is 0 Å². The molecular weight excluding hydrogens is 310 g/mol. The Labute approximate surface area is 134 Å². The number of methoxy groups -OCH3 is 2. The number of aliphatic carboxylic acids is 1.